The summed E-state index contributed by atoms with van der Waals surface area (Å²) in [7, 11) is 0. The Hall–Kier alpha value is -2.56. The normalized spacial score (nSPS) is 11.7. The molecule has 0 aliphatic rings. The van der Waals surface area contributed by atoms with E-state index >= 15 is 0 Å². The fourth-order valence-electron chi connectivity index (χ4n) is 1.77. The maximum absolute atomic E-state index is 11.9. The topological polar surface area (TPSA) is 68.4 Å². The van der Waals surface area contributed by atoms with Crippen LogP contribution >= 0.6 is 0 Å². The lowest BCUT2D eigenvalue weighted by Crippen LogP contribution is -2.30. The highest BCUT2D eigenvalue weighted by Crippen LogP contribution is 2.13. The minimum Gasteiger partial charge on any atom is -0.479 e. The van der Waals surface area contributed by atoms with Crippen LogP contribution < -0.4 is 4.74 Å². The standard InChI is InChI=1S/C16H17NO4/c1-2-15(21-12-7-4-3-5-8-12)16(19)20-11-14(18)13-9-6-10-17-13/h3-10,15,17H,2,11H2,1H3/t15-/m1/s1. The van der Waals surface area contributed by atoms with Crippen LogP contribution in [-0.4, -0.2) is 29.4 Å². The van der Waals surface area contributed by atoms with Gasteiger partial charge in [-0.25, -0.2) is 4.79 Å². The number of carbonyl (C=O) groups is 2. The zero-order chi connectivity index (χ0) is 15.1. The lowest BCUT2D eigenvalue weighted by molar-refractivity contribution is -0.150. The average molecular weight is 287 g/mol. The zero-order valence-corrected chi connectivity index (χ0v) is 11.7. The van der Waals surface area contributed by atoms with Gasteiger partial charge in [0.05, 0.1) is 5.69 Å². The van der Waals surface area contributed by atoms with Crippen LogP contribution in [0.25, 0.3) is 0 Å². The van der Waals surface area contributed by atoms with Crippen LogP contribution in [-0.2, 0) is 9.53 Å². The second-order valence-electron chi connectivity index (χ2n) is 4.44. The molecule has 1 heterocycles. The Labute approximate surface area is 122 Å². The maximum Gasteiger partial charge on any atom is 0.347 e. The minimum absolute atomic E-state index is 0.275. The summed E-state index contributed by atoms with van der Waals surface area (Å²) in [6, 6.07) is 12.4. The van der Waals surface area contributed by atoms with Gasteiger partial charge >= 0.3 is 5.97 Å². The van der Waals surface area contributed by atoms with Crippen LogP contribution in [0.3, 0.4) is 0 Å². The molecule has 0 unspecified atom stereocenters. The van der Waals surface area contributed by atoms with Crippen molar-refractivity contribution >= 4 is 11.8 Å². The van der Waals surface area contributed by atoms with E-state index in [1.807, 2.05) is 25.1 Å². The monoisotopic (exact) mass is 287 g/mol. The van der Waals surface area contributed by atoms with Gasteiger partial charge in [0, 0.05) is 6.20 Å². The molecular formula is C16H17NO4. The Bertz CT molecular complexity index is 578. The number of para-hydroxylation sites is 1. The first-order valence-corrected chi connectivity index (χ1v) is 6.75. The van der Waals surface area contributed by atoms with Gasteiger partial charge in [0.15, 0.2) is 12.7 Å². The van der Waals surface area contributed by atoms with Crippen LogP contribution in [0.15, 0.2) is 48.7 Å². The van der Waals surface area contributed by atoms with Gasteiger partial charge in [-0.3, -0.25) is 4.79 Å². The number of esters is 1. The van der Waals surface area contributed by atoms with E-state index in [1.54, 1.807) is 30.5 Å². The van der Waals surface area contributed by atoms with Crippen molar-refractivity contribution in [1.29, 1.82) is 0 Å². The van der Waals surface area contributed by atoms with Gasteiger partial charge in [-0.05, 0) is 30.7 Å². The van der Waals surface area contributed by atoms with Gasteiger partial charge in [-0.2, -0.15) is 0 Å². The van der Waals surface area contributed by atoms with Crippen LogP contribution in [0.1, 0.15) is 23.8 Å². The van der Waals surface area contributed by atoms with E-state index in [0.717, 1.165) is 0 Å². The van der Waals surface area contributed by atoms with E-state index in [0.29, 0.717) is 17.9 Å². The minimum atomic E-state index is -0.719. The summed E-state index contributed by atoms with van der Waals surface area (Å²) in [6.45, 7) is 1.52. The number of carbonyl (C=O) groups excluding carboxylic acids is 2. The van der Waals surface area contributed by atoms with Crippen molar-refractivity contribution in [2.24, 2.45) is 0 Å². The third-order valence-corrected chi connectivity index (χ3v) is 2.90. The van der Waals surface area contributed by atoms with Gasteiger partial charge < -0.3 is 14.5 Å². The summed E-state index contributed by atoms with van der Waals surface area (Å²) in [5.74, 6) is -0.221. The predicted octanol–water partition coefficient (Wildman–Crippen LogP) is 2.60. The molecular weight excluding hydrogens is 270 g/mol. The van der Waals surface area contributed by atoms with Crippen molar-refractivity contribution in [3.8, 4) is 5.75 Å². The number of rotatable bonds is 7. The SMILES string of the molecule is CC[C@@H](Oc1ccccc1)C(=O)OCC(=O)c1ccc[nH]1. The first-order chi connectivity index (χ1) is 10.2. The first kappa shape index (κ1) is 14.8. The molecule has 0 saturated heterocycles. The van der Waals surface area contributed by atoms with E-state index in [4.69, 9.17) is 9.47 Å². The Morgan fingerprint density at radius 3 is 2.52 bits per heavy atom. The molecule has 0 saturated carbocycles. The van der Waals surface area contributed by atoms with Crippen molar-refractivity contribution in [3.63, 3.8) is 0 Å². The number of aromatic amines is 1. The van der Waals surface area contributed by atoms with Crippen LogP contribution in [0.5, 0.6) is 5.75 Å². The number of ketones is 1. The predicted molar refractivity (Wildman–Crippen MR) is 77.2 cm³/mol. The number of hydrogen-bond donors (Lipinski definition) is 1. The first-order valence-electron chi connectivity index (χ1n) is 6.75. The molecule has 2 aromatic rings. The summed E-state index contributed by atoms with van der Waals surface area (Å²) < 4.78 is 10.6. The van der Waals surface area contributed by atoms with Crippen LogP contribution in [0, 0.1) is 0 Å². The summed E-state index contributed by atoms with van der Waals surface area (Å²) in [6.07, 6.45) is 1.39. The van der Waals surface area contributed by atoms with E-state index < -0.39 is 12.1 Å². The Morgan fingerprint density at radius 1 is 1.14 bits per heavy atom. The zero-order valence-electron chi connectivity index (χ0n) is 11.7. The molecule has 0 bridgehead atoms. The Kier molecular flexibility index (Phi) is 5.15. The van der Waals surface area contributed by atoms with Crippen molar-refractivity contribution < 1.29 is 19.1 Å². The summed E-state index contributed by atoms with van der Waals surface area (Å²) in [4.78, 5) is 26.4. The van der Waals surface area contributed by atoms with Crippen molar-refractivity contribution in [2.45, 2.75) is 19.4 Å². The molecule has 1 aromatic heterocycles. The molecule has 0 fully saturated rings. The summed E-state index contributed by atoms with van der Waals surface area (Å²) in [5.41, 5.74) is 0.417. The number of nitrogens with one attached hydrogen (secondary N) is 1. The highest BCUT2D eigenvalue weighted by Gasteiger charge is 2.21. The fraction of sp³-hybridized carbons (Fsp3) is 0.250. The third kappa shape index (κ3) is 4.21. The Morgan fingerprint density at radius 2 is 1.90 bits per heavy atom. The molecule has 0 aliphatic carbocycles. The lowest BCUT2D eigenvalue weighted by atomic mass is 10.2. The van der Waals surface area contributed by atoms with Gasteiger partial charge in [0.1, 0.15) is 5.75 Å². The molecule has 1 N–H and O–H groups in total. The third-order valence-electron chi connectivity index (χ3n) is 2.90. The van der Waals surface area contributed by atoms with Crippen molar-refractivity contribution in [3.05, 3.63) is 54.4 Å². The second-order valence-corrected chi connectivity index (χ2v) is 4.44. The Balaban J connectivity index is 1.87. The molecule has 110 valence electrons. The number of benzene rings is 1. The van der Waals surface area contributed by atoms with Gasteiger partial charge in [0.25, 0.3) is 0 Å². The van der Waals surface area contributed by atoms with E-state index in [-0.39, 0.29) is 12.4 Å². The van der Waals surface area contributed by atoms with E-state index in [2.05, 4.69) is 4.98 Å². The molecule has 21 heavy (non-hydrogen) atoms. The molecule has 0 spiro atoms. The van der Waals surface area contributed by atoms with Crippen molar-refractivity contribution in [1.82, 2.24) is 4.98 Å². The average Bonchev–Trinajstić information content (AvgIpc) is 3.05. The fourth-order valence-corrected chi connectivity index (χ4v) is 1.77. The van der Waals surface area contributed by atoms with Gasteiger partial charge in [-0.15, -0.1) is 0 Å². The number of hydrogen-bond acceptors (Lipinski definition) is 4. The summed E-state index contributed by atoms with van der Waals surface area (Å²) >= 11 is 0. The summed E-state index contributed by atoms with van der Waals surface area (Å²) in [5, 5.41) is 0. The molecule has 1 aromatic carbocycles. The number of aromatic nitrogens is 1. The molecule has 1 atom stereocenters. The number of Topliss-reactive ketones (excluding diaryl/α,β-unsaturated/α-hetero) is 1. The lowest BCUT2D eigenvalue weighted by Gasteiger charge is -2.16. The quantitative estimate of drug-likeness (QED) is 0.628. The van der Waals surface area contributed by atoms with Crippen LogP contribution in [0.2, 0.25) is 0 Å². The maximum atomic E-state index is 11.9. The number of ether oxygens (including phenoxy) is 2. The molecule has 2 rings (SSSR count). The molecule has 0 radical (unpaired) electrons. The smallest absolute Gasteiger partial charge is 0.347 e. The molecule has 5 heteroatoms. The van der Waals surface area contributed by atoms with E-state index in [1.165, 1.54) is 0 Å². The van der Waals surface area contributed by atoms with Gasteiger partial charge in [0.2, 0.25) is 5.78 Å². The number of H-pyrrole nitrogens is 1. The molecule has 5 nitrogen and oxygen atoms in total. The van der Waals surface area contributed by atoms with Gasteiger partial charge in [-0.1, -0.05) is 25.1 Å². The van der Waals surface area contributed by atoms with E-state index in [9.17, 15) is 9.59 Å². The van der Waals surface area contributed by atoms with Crippen LogP contribution in [0.4, 0.5) is 0 Å². The second kappa shape index (κ2) is 7.28. The largest absolute Gasteiger partial charge is 0.479 e. The molecule has 0 aliphatic heterocycles. The highest BCUT2D eigenvalue weighted by molar-refractivity contribution is 5.96. The molecule has 0 amide bonds. The van der Waals surface area contributed by atoms with Crippen molar-refractivity contribution in [2.75, 3.05) is 6.61 Å². The highest BCUT2D eigenvalue weighted by atomic mass is 16.6.